The van der Waals surface area contributed by atoms with Crippen LogP contribution in [0, 0.1) is 0 Å². The number of ether oxygens (including phenoxy) is 1. The maximum absolute atomic E-state index is 11.7. The molecule has 0 aromatic carbocycles. The van der Waals surface area contributed by atoms with E-state index in [9.17, 15) is 4.79 Å². The Balaban J connectivity index is 2.12. The molecule has 15 heavy (non-hydrogen) atoms. The van der Waals surface area contributed by atoms with Gasteiger partial charge in [-0.05, 0) is 19.3 Å². The van der Waals surface area contributed by atoms with Crippen LogP contribution in [0.3, 0.4) is 0 Å². The molecule has 2 aliphatic rings. The summed E-state index contributed by atoms with van der Waals surface area (Å²) >= 11 is 0. The lowest BCUT2D eigenvalue weighted by molar-refractivity contribution is 0.00666. The molecule has 1 saturated heterocycles. The summed E-state index contributed by atoms with van der Waals surface area (Å²) in [5, 5.41) is 0. The fourth-order valence-electron chi connectivity index (χ4n) is 2.78. The molecule has 0 bridgehead atoms. The van der Waals surface area contributed by atoms with Gasteiger partial charge in [0, 0.05) is 13.1 Å². The fraction of sp³-hybridized carbons (Fsp3) is 0.909. The van der Waals surface area contributed by atoms with E-state index in [0.29, 0.717) is 13.2 Å². The number of hydrogen-bond acceptors (Lipinski definition) is 3. The van der Waals surface area contributed by atoms with Gasteiger partial charge in [-0.2, -0.15) is 0 Å². The third kappa shape index (κ3) is 1.95. The van der Waals surface area contributed by atoms with E-state index in [1.54, 1.807) is 0 Å². The van der Waals surface area contributed by atoms with Crippen LogP contribution in [-0.4, -0.2) is 36.2 Å². The van der Waals surface area contributed by atoms with Crippen LogP contribution in [0.4, 0.5) is 4.79 Å². The first-order valence-corrected chi connectivity index (χ1v) is 5.93. The smallest absolute Gasteiger partial charge is 0.410 e. The van der Waals surface area contributed by atoms with E-state index in [1.807, 2.05) is 4.90 Å². The minimum Gasteiger partial charge on any atom is -0.449 e. The molecule has 0 aromatic rings. The first-order chi connectivity index (χ1) is 7.28. The van der Waals surface area contributed by atoms with Crippen LogP contribution in [0.15, 0.2) is 0 Å². The molecule has 1 amide bonds. The Morgan fingerprint density at radius 1 is 1.27 bits per heavy atom. The second-order valence-corrected chi connectivity index (χ2v) is 4.61. The Labute approximate surface area is 90.8 Å². The summed E-state index contributed by atoms with van der Waals surface area (Å²) in [4.78, 5) is 13.6. The molecule has 2 rings (SSSR count). The van der Waals surface area contributed by atoms with Gasteiger partial charge in [-0.15, -0.1) is 0 Å². The molecule has 0 radical (unpaired) electrons. The van der Waals surface area contributed by atoms with Gasteiger partial charge < -0.3 is 15.4 Å². The first-order valence-electron chi connectivity index (χ1n) is 5.93. The SMILES string of the molecule is NCC1(N2CCCOC2=O)CCCCC1. The van der Waals surface area contributed by atoms with Crippen molar-refractivity contribution in [2.75, 3.05) is 19.7 Å². The van der Waals surface area contributed by atoms with Crippen LogP contribution in [0.5, 0.6) is 0 Å². The summed E-state index contributed by atoms with van der Waals surface area (Å²) in [6.45, 7) is 1.95. The van der Waals surface area contributed by atoms with Crippen LogP contribution >= 0.6 is 0 Å². The molecule has 0 spiro atoms. The molecule has 2 N–H and O–H groups in total. The summed E-state index contributed by atoms with van der Waals surface area (Å²) in [6.07, 6.45) is 6.49. The van der Waals surface area contributed by atoms with Gasteiger partial charge >= 0.3 is 6.09 Å². The lowest BCUT2D eigenvalue weighted by Gasteiger charge is -2.46. The Kier molecular flexibility index (Phi) is 3.14. The molecule has 0 aromatic heterocycles. The van der Waals surface area contributed by atoms with Crippen molar-refractivity contribution in [1.29, 1.82) is 0 Å². The predicted octanol–water partition coefficient (Wildman–Crippen LogP) is 1.49. The summed E-state index contributed by atoms with van der Waals surface area (Å²) in [7, 11) is 0. The predicted molar refractivity (Wildman–Crippen MR) is 57.5 cm³/mol. The van der Waals surface area contributed by atoms with Gasteiger partial charge in [0.05, 0.1) is 12.1 Å². The van der Waals surface area contributed by atoms with Gasteiger partial charge in [0.2, 0.25) is 0 Å². The Morgan fingerprint density at radius 3 is 2.60 bits per heavy atom. The maximum Gasteiger partial charge on any atom is 0.410 e. The molecule has 1 aliphatic carbocycles. The molecule has 86 valence electrons. The van der Waals surface area contributed by atoms with Crippen LogP contribution in [-0.2, 0) is 4.74 Å². The average molecular weight is 212 g/mol. The lowest BCUT2D eigenvalue weighted by Crippen LogP contribution is -2.59. The van der Waals surface area contributed by atoms with Crippen LogP contribution < -0.4 is 5.73 Å². The van der Waals surface area contributed by atoms with Crippen molar-refractivity contribution >= 4 is 6.09 Å². The number of amides is 1. The second kappa shape index (κ2) is 4.39. The molecule has 1 aliphatic heterocycles. The third-order valence-electron chi connectivity index (χ3n) is 3.71. The topological polar surface area (TPSA) is 55.6 Å². The Hall–Kier alpha value is -0.770. The standard InChI is InChI=1S/C11H20N2O2/c12-9-11(5-2-1-3-6-11)13-7-4-8-15-10(13)14/h1-9,12H2. The quantitative estimate of drug-likeness (QED) is 0.754. The van der Waals surface area contributed by atoms with Crippen LogP contribution in [0.25, 0.3) is 0 Å². The van der Waals surface area contributed by atoms with Crippen molar-refractivity contribution in [2.45, 2.75) is 44.1 Å². The van der Waals surface area contributed by atoms with E-state index in [-0.39, 0.29) is 11.6 Å². The molecular formula is C11H20N2O2. The molecule has 1 heterocycles. The van der Waals surface area contributed by atoms with Crippen molar-refractivity contribution in [2.24, 2.45) is 5.73 Å². The van der Waals surface area contributed by atoms with E-state index in [0.717, 1.165) is 25.8 Å². The molecule has 1 saturated carbocycles. The number of cyclic esters (lactones) is 1. The monoisotopic (exact) mass is 212 g/mol. The first kappa shape index (κ1) is 10.7. The zero-order valence-corrected chi connectivity index (χ0v) is 9.21. The Bertz CT molecular complexity index is 237. The highest BCUT2D eigenvalue weighted by molar-refractivity contribution is 5.69. The van der Waals surface area contributed by atoms with Gasteiger partial charge in [-0.1, -0.05) is 19.3 Å². The highest BCUT2D eigenvalue weighted by Crippen LogP contribution is 2.34. The van der Waals surface area contributed by atoms with Crippen molar-refractivity contribution in [3.05, 3.63) is 0 Å². The van der Waals surface area contributed by atoms with E-state index in [1.165, 1.54) is 19.3 Å². The van der Waals surface area contributed by atoms with Gasteiger partial charge in [0.15, 0.2) is 0 Å². The van der Waals surface area contributed by atoms with Crippen molar-refractivity contribution in [3.8, 4) is 0 Å². The molecule has 4 nitrogen and oxygen atoms in total. The van der Waals surface area contributed by atoms with E-state index >= 15 is 0 Å². The molecular weight excluding hydrogens is 192 g/mol. The molecule has 0 unspecified atom stereocenters. The summed E-state index contributed by atoms with van der Waals surface area (Å²) < 4.78 is 5.10. The fourth-order valence-corrected chi connectivity index (χ4v) is 2.78. The maximum atomic E-state index is 11.7. The van der Waals surface area contributed by atoms with Crippen molar-refractivity contribution < 1.29 is 9.53 Å². The van der Waals surface area contributed by atoms with Crippen molar-refractivity contribution in [3.63, 3.8) is 0 Å². The molecule has 0 atom stereocenters. The molecule has 4 heteroatoms. The normalized spacial score (nSPS) is 26.2. The number of carbonyl (C=O) groups excluding carboxylic acids is 1. The second-order valence-electron chi connectivity index (χ2n) is 4.61. The lowest BCUT2D eigenvalue weighted by atomic mass is 9.80. The van der Waals surface area contributed by atoms with Gasteiger partial charge in [-0.3, -0.25) is 0 Å². The Morgan fingerprint density at radius 2 is 2.00 bits per heavy atom. The number of hydrogen-bond donors (Lipinski definition) is 1. The van der Waals surface area contributed by atoms with E-state index in [2.05, 4.69) is 0 Å². The minimum atomic E-state index is -0.159. The zero-order valence-electron chi connectivity index (χ0n) is 9.21. The summed E-state index contributed by atoms with van der Waals surface area (Å²) in [5.41, 5.74) is 5.78. The summed E-state index contributed by atoms with van der Waals surface area (Å²) in [6, 6.07) is 0. The van der Waals surface area contributed by atoms with Crippen molar-refractivity contribution in [1.82, 2.24) is 4.90 Å². The number of nitrogens with two attached hydrogens (primary N) is 1. The molecule has 2 fully saturated rings. The largest absolute Gasteiger partial charge is 0.449 e. The number of nitrogens with zero attached hydrogens (tertiary/aromatic N) is 1. The van der Waals surface area contributed by atoms with Crippen LogP contribution in [0.1, 0.15) is 38.5 Å². The zero-order chi connectivity index (χ0) is 10.7. The van der Waals surface area contributed by atoms with Gasteiger partial charge in [0.25, 0.3) is 0 Å². The number of rotatable bonds is 2. The van der Waals surface area contributed by atoms with Gasteiger partial charge in [0.1, 0.15) is 0 Å². The van der Waals surface area contributed by atoms with E-state index < -0.39 is 0 Å². The van der Waals surface area contributed by atoms with E-state index in [4.69, 9.17) is 10.5 Å². The highest BCUT2D eigenvalue weighted by Gasteiger charge is 2.41. The minimum absolute atomic E-state index is 0.101. The average Bonchev–Trinajstić information content (AvgIpc) is 2.30. The summed E-state index contributed by atoms with van der Waals surface area (Å²) in [5.74, 6) is 0. The van der Waals surface area contributed by atoms with Crippen LogP contribution in [0.2, 0.25) is 0 Å². The highest BCUT2D eigenvalue weighted by atomic mass is 16.6. The van der Waals surface area contributed by atoms with Gasteiger partial charge in [-0.25, -0.2) is 4.79 Å². The number of carbonyl (C=O) groups is 1. The third-order valence-corrected chi connectivity index (χ3v) is 3.71.